The summed E-state index contributed by atoms with van der Waals surface area (Å²) in [6.45, 7) is 1.81. The number of nitrogens with one attached hydrogen (secondary N) is 1. The fourth-order valence-corrected chi connectivity index (χ4v) is 2.35. The Hall–Kier alpha value is -1.92. The minimum absolute atomic E-state index is 0.0590. The summed E-state index contributed by atoms with van der Waals surface area (Å²) in [6.07, 6.45) is 0. The third kappa shape index (κ3) is 3.45. The molecule has 0 saturated heterocycles. The number of methoxy groups -OCH3 is 1. The van der Waals surface area contributed by atoms with Crippen LogP contribution in [0.2, 0.25) is 5.15 Å². The number of amides is 1. The van der Waals surface area contributed by atoms with Gasteiger partial charge in [-0.15, -0.1) is 0 Å². The number of carbonyl (C=O) groups is 2. The molecule has 2 rings (SSSR count). The molecular weight excluding hydrogens is 372 g/mol. The van der Waals surface area contributed by atoms with Crippen molar-refractivity contribution in [2.24, 2.45) is 0 Å². The van der Waals surface area contributed by atoms with Crippen LogP contribution in [0.4, 0.5) is 5.82 Å². The zero-order valence-corrected chi connectivity index (χ0v) is 14.2. The molecule has 114 valence electrons. The molecule has 1 N–H and O–H groups in total. The Kier molecular flexibility index (Phi) is 5.15. The van der Waals surface area contributed by atoms with Gasteiger partial charge in [-0.25, -0.2) is 9.78 Å². The molecule has 0 aliphatic heterocycles. The fraction of sp³-hybridized carbons (Fsp3) is 0.133. The summed E-state index contributed by atoms with van der Waals surface area (Å²) in [4.78, 5) is 28.1. The maximum atomic E-state index is 12.4. The van der Waals surface area contributed by atoms with E-state index in [-0.39, 0.29) is 16.5 Å². The van der Waals surface area contributed by atoms with Crippen LogP contribution in [-0.4, -0.2) is 24.0 Å². The van der Waals surface area contributed by atoms with Crippen molar-refractivity contribution in [3.05, 3.63) is 56.6 Å². The minimum Gasteiger partial charge on any atom is -0.465 e. The van der Waals surface area contributed by atoms with E-state index in [0.717, 1.165) is 10.0 Å². The van der Waals surface area contributed by atoms with Crippen LogP contribution in [-0.2, 0) is 4.74 Å². The smallest absolute Gasteiger partial charge is 0.341 e. The van der Waals surface area contributed by atoms with Gasteiger partial charge in [0.25, 0.3) is 5.91 Å². The average molecular weight is 384 g/mol. The summed E-state index contributed by atoms with van der Waals surface area (Å²) in [5.74, 6) is -0.937. The zero-order chi connectivity index (χ0) is 16.3. The maximum Gasteiger partial charge on any atom is 0.341 e. The second-order valence-electron chi connectivity index (χ2n) is 4.39. The highest BCUT2D eigenvalue weighted by Crippen LogP contribution is 2.22. The van der Waals surface area contributed by atoms with Crippen LogP contribution < -0.4 is 5.32 Å². The Morgan fingerprint density at radius 1 is 1.23 bits per heavy atom. The molecule has 0 atom stereocenters. The number of pyridine rings is 1. The largest absolute Gasteiger partial charge is 0.465 e. The molecule has 22 heavy (non-hydrogen) atoms. The third-order valence-electron chi connectivity index (χ3n) is 3.01. The minimum atomic E-state index is -0.606. The fourth-order valence-electron chi connectivity index (χ4n) is 1.83. The summed E-state index contributed by atoms with van der Waals surface area (Å²) in [5, 5.41) is 2.76. The van der Waals surface area contributed by atoms with E-state index in [0.29, 0.717) is 5.56 Å². The second kappa shape index (κ2) is 6.89. The molecule has 0 aliphatic carbocycles. The summed E-state index contributed by atoms with van der Waals surface area (Å²) in [6, 6.07) is 8.17. The number of nitrogens with zero attached hydrogens (tertiary/aromatic N) is 1. The number of aromatic nitrogens is 1. The van der Waals surface area contributed by atoms with Crippen molar-refractivity contribution in [2.45, 2.75) is 6.92 Å². The molecule has 0 aliphatic rings. The number of esters is 1. The molecule has 0 spiro atoms. The Bertz CT molecular complexity index is 750. The van der Waals surface area contributed by atoms with Gasteiger partial charge in [0.2, 0.25) is 0 Å². The molecule has 0 fully saturated rings. The predicted molar refractivity (Wildman–Crippen MR) is 87.4 cm³/mol. The SMILES string of the molecule is COC(=O)c1ccc(Cl)nc1NC(=O)c1cccc(Br)c1C. The molecular formula is C15H12BrClN2O3. The quantitative estimate of drug-likeness (QED) is 0.646. The van der Waals surface area contributed by atoms with E-state index >= 15 is 0 Å². The highest BCUT2D eigenvalue weighted by molar-refractivity contribution is 9.10. The predicted octanol–water partition coefficient (Wildman–Crippen LogP) is 3.84. The number of ether oxygens (including phenoxy) is 1. The first kappa shape index (κ1) is 16.5. The number of rotatable bonds is 3. The maximum absolute atomic E-state index is 12.4. The number of benzene rings is 1. The van der Waals surface area contributed by atoms with Crippen LogP contribution in [0.1, 0.15) is 26.3 Å². The van der Waals surface area contributed by atoms with Gasteiger partial charge in [-0.3, -0.25) is 4.79 Å². The van der Waals surface area contributed by atoms with Gasteiger partial charge >= 0.3 is 5.97 Å². The van der Waals surface area contributed by atoms with Gasteiger partial charge in [0.05, 0.1) is 7.11 Å². The van der Waals surface area contributed by atoms with E-state index < -0.39 is 11.9 Å². The molecule has 7 heteroatoms. The van der Waals surface area contributed by atoms with Crippen molar-refractivity contribution >= 4 is 45.2 Å². The van der Waals surface area contributed by atoms with Crippen molar-refractivity contribution in [2.75, 3.05) is 12.4 Å². The van der Waals surface area contributed by atoms with Crippen LogP contribution in [0, 0.1) is 6.92 Å². The first-order chi connectivity index (χ1) is 10.4. The summed E-state index contributed by atoms with van der Waals surface area (Å²) in [7, 11) is 1.25. The van der Waals surface area contributed by atoms with Crippen LogP contribution in [0.15, 0.2) is 34.8 Å². The molecule has 1 aromatic heterocycles. The van der Waals surface area contributed by atoms with E-state index in [1.807, 2.05) is 13.0 Å². The van der Waals surface area contributed by atoms with Crippen molar-refractivity contribution in [1.29, 1.82) is 0 Å². The molecule has 0 bridgehead atoms. The van der Waals surface area contributed by atoms with Crippen LogP contribution in [0.5, 0.6) is 0 Å². The average Bonchev–Trinajstić information content (AvgIpc) is 2.49. The van der Waals surface area contributed by atoms with Gasteiger partial charge < -0.3 is 10.1 Å². The van der Waals surface area contributed by atoms with Gasteiger partial charge in [-0.2, -0.15) is 0 Å². The Morgan fingerprint density at radius 3 is 2.64 bits per heavy atom. The topological polar surface area (TPSA) is 68.3 Å². The van der Waals surface area contributed by atoms with E-state index in [2.05, 4.69) is 31.0 Å². The van der Waals surface area contributed by atoms with E-state index in [9.17, 15) is 9.59 Å². The molecule has 1 heterocycles. The van der Waals surface area contributed by atoms with Crippen LogP contribution in [0.25, 0.3) is 0 Å². The second-order valence-corrected chi connectivity index (χ2v) is 5.63. The van der Waals surface area contributed by atoms with Gasteiger partial charge in [0, 0.05) is 10.0 Å². The Morgan fingerprint density at radius 2 is 1.95 bits per heavy atom. The van der Waals surface area contributed by atoms with Gasteiger partial charge in [-0.1, -0.05) is 33.6 Å². The lowest BCUT2D eigenvalue weighted by Gasteiger charge is -2.11. The number of hydrogen-bond acceptors (Lipinski definition) is 4. The molecule has 5 nitrogen and oxygen atoms in total. The Labute approximate surface area is 140 Å². The zero-order valence-electron chi connectivity index (χ0n) is 11.8. The number of anilines is 1. The number of halogens is 2. The van der Waals surface area contributed by atoms with E-state index in [4.69, 9.17) is 11.6 Å². The first-order valence-corrected chi connectivity index (χ1v) is 7.42. The van der Waals surface area contributed by atoms with Crippen LogP contribution >= 0.6 is 27.5 Å². The molecule has 1 amide bonds. The van der Waals surface area contributed by atoms with E-state index in [1.165, 1.54) is 19.2 Å². The lowest BCUT2D eigenvalue weighted by atomic mass is 10.1. The first-order valence-electron chi connectivity index (χ1n) is 6.25. The molecule has 0 saturated carbocycles. The summed E-state index contributed by atoms with van der Waals surface area (Å²) < 4.78 is 5.48. The number of hydrogen-bond donors (Lipinski definition) is 1. The van der Waals surface area contributed by atoms with Crippen molar-refractivity contribution in [3.8, 4) is 0 Å². The molecule has 1 aromatic carbocycles. The Balaban J connectivity index is 2.38. The van der Waals surface area contributed by atoms with Gasteiger partial charge in [0.15, 0.2) is 0 Å². The summed E-state index contributed by atoms with van der Waals surface area (Å²) >= 11 is 9.20. The number of carbonyl (C=O) groups excluding carboxylic acids is 2. The van der Waals surface area contributed by atoms with Gasteiger partial charge in [0.1, 0.15) is 16.5 Å². The summed E-state index contributed by atoms with van der Waals surface area (Å²) in [5.41, 5.74) is 1.38. The lowest BCUT2D eigenvalue weighted by Crippen LogP contribution is -2.17. The molecule has 0 unspecified atom stereocenters. The van der Waals surface area contributed by atoms with Crippen molar-refractivity contribution < 1.29 is 14.3 Å². The normalized spacial score (nSPS) is 10.2. The molecule has 0 radical (unpaired) electrons. The van der Waals surface area contributed by atoms with Crippen LogP contribution in [0.3, 0.4) is 0 Å². The van der Waals surface area contributed by atoms with Crippen molar-refractivity contribution in [3.63, 3.8) is 0 Å². The van der Waals surface area contributed by atoms with Crippen molar-refractivity contribution in [1.82, 2.24) is 4.98 Å². The van der Waals surface area contributed by atoms with E-state index in [1.54, 1.807) is 12.1 Å². The highest BCUT2D eigenvalue weighted by atomic mass is 79.9. The monoisotopic (exact) mass is 382 g/mol. The third-order valence-corrected chi connectivity index (χ3v) is 4.08. The highest BCUT2D eigenvalue weighted by Gasteiger charge is 2.18. The lowest BCUT2D eigenvalue weighted by molar-refractivity contribution is 0.0601. The van der Waals surface area contributed by atoms with Gasteiger partial charge in [-0.05, 0) is 36.8 Å². The molecule has 2 aromatic rings. The standard InChI is InChI=1S/C15H12BrClN2O3/c1-8-9(4-3-5-11(8)16)14(20)19-13-10(15(21)22-2)6-7-12(17)18-13/h3-7H,1-2H3,(H,18,19,20).